The predicted molar refractivity (Wildman–Crippen MR) is 63.2 cm³/mol. The van der Waals surface area contributed by atoms with Crippen LogP contribution in [0.2, 0.25) is 0 Å². The summed E-state index contributed by atoms with van der Waals surface area (Å²) in [5.41, 5.74) is 6.75. The van der Waals surface area contributed by atoms with E-state index in [-0.39, 0.29) is 0 Å². The fraction of sp³-hybridized carbons (Fsp3) is 0.750. The number of aromatic nitrogens is 2. The van der Waals surface area contributed by atoms with Crippen LogP contribution >= 0.6 is 0 Å². The third-order valence-electron chi connectivity index (χ3n) is 3.19. The third kappa shape index (κ3) is 3.06. The summed E-state index contributed by atoms with van der Waals surface area (Å²) in [5, 5.41) is 0. The Morgan fingerprint density at radius 3 is 3.00 bits per heavy atom. The second-order valence-electron chi connectivity index (χ2n) is 4.39. The standard InChI is InChI=1S/C12H21N3O/c13-6-5-11-9-14-10-15(11)7-8-16-12-3-1-2-4-12/h9-10,12H,1-8,13H2. The van der Waals surface area contributed by atoms with Crippen molar-refractivity contribution in [2.45, 2.75) is 44.8 Å². The lowest BCUT2D eigenvalue weighted by molar-refractivity contribution is 0.0526. The van der Waals surface area contributed by atoms with Crippen molar-refractivity contribution in [3.05, 3.63) is 18.2 Å². The number of ether oxygens (including phenoxy) is 1. The summed E-state index contributed by atoms with van der Waals surface area (Å²) in [6, 6.07) is 0. The Hall–Kier alpha value is -0.870. The summed E-state index contributed by atoms with van der Waals surface area (Å²) < 4.78 is 7.97. The molecule has 0 unspecified atom stereocenters. The molecule has 1 saturated carbocycles. The normalized spacial score (nSPS) is 17.1. The molecule has 2 rings (SSSR count). The van der Waals surface area contributed by atoms with Gasteiger partial charge in [-0.3, -0.25) is 0 Å². The van der Waals surface area contributed by atoms with Gasteiger partial charge in [0.15, 0.2) is 0 Å². The summed E-state index contributed by atoms with van der Waals surface area (Å²) in [4.78, 5) is 4.14. The molecule has 1 heterocycles. The van der Waals surface area contributed by atoms with Crippen LogP contribution in [-0.2, 0) is 17.7 Å². The van der Waals surface area contributed by atoms with Gasteiger partial charge in [-0.05, 0) is 19.4 Å². The van der Waals surface area contributed by atoms with Crippen LogP contribution in [0, 0.1) is 0 Å². The van der Waals surface area contributed by atoms with Gasteiger partial charge < -0.3 is 15.0 Å². The van der Waals surface area contributed by atoms with E-state index in [1.54, 1.807) is 0 Å². The maximum atomic E-state index is 5.83. The second-order valence-corrected chi connectivity index (χ2v) is 4.39. The lowest BCUT2D eigenvalue weighted by atomic mass is 10.3. The van der Waals surface area contributed by atoms with Gasteiger partial charge in [0.25, 0.3) is 0 Å². The summed E-state index contributed by atoms with van der Waals surface area (Å²) >= 11 is 0. The maximum absolute atomic E-state index is 5.83. The first kappa shape index (κ1) is 11.6. The van der Waals surface area contributed by atoms with Gasteiger partial charge in [-0.2, -0.15) is 0 Å². The first-order valence-corrected chi connectivity index (χ1v) is 6.21. The average molecular weight is 223 g/mol. The highest BCUT2D eigenvalue weighted by Gasteiger charge is 2.14. The van der Waals surface area contributed by atoms with E-state index in [0.29, 0.717) is 12.6 Å². The van der Waals surface area contributed by atoms with Gasteiger partial charge >= 0.3 is 0 Å². The highest BCUT2D eigenvalue weighted by Crippen LogP contribution is 2.20. The SMILES string of the molecule is NCCc1cncn1CCOC1CCCC1. The molecule has 16 heavy (non-hydrogen) atoms. The van der Waals surface area contributed by atoms with Gasteiger partial charge in [0, 0.05) is 24.9 Å². The van der Waals surface area contributed by atoms with Crippen LogP contribution in [0.15, 0.2) is 12.5 Å². The molecule has 0 amide bonds. The third-order valence-corrected chi connectivity index (χ3v) is 3.19. The van der Waals surface area contributed by atoms with Gasteiger partial charge in [-0.15, -0.1) is 0 Å². The zero-order valence-electron chi connectivity index (χ0n) is 9.77. The molecule has 1 fully saturated rings. The summed E-state index contributed by atoms with van der Waals surface area (Å²) in [6.45, 7) is 2.36. The molecule has 0 aliphatic heterocycles. The first-order valence-electron chi connectivity index (χ1n) is 6.21. The molecule has 2 N–H and O–H groups in total. The Kier molecular flexibility index (Phi) is 4.36. The fourth-order valence-corrected chi connectivity index (χ4v) is 2.28. The van der Waals surface area contributed by atoms with Crippen LogP contribution in [0.3, 0.4) is 0 Å². The molecule has 1 aliphatic rings. The quantitative estimate of drug-likeness (QED) is 0.792. The van der Waals surface area contributed by atoms with Crippen molar-refractivity contribution >= 4 is 0 Å². The van der Waals surface area contributed by atoms with Crippen LogP contribution < -0.4 is 5.73 Å². The second kappa shape index (κ2) is 6.01. The minimum absolute atomic E-state index is 0.501. The molecule has 0 aromatic carbocycles. The lowest BCUT2D eigenvalue weighted by Gasteiger charge is -2.12. The van der Waals surface area contributed by atoms with E-state index < -0.39 is 0 Å². The van der Waals surface area contributed by atoms with Gasteiger partial charge in [0.05, 0.1) is 19.0 Å². The number of nitrogens with two attached hydrogens (primary N) is 1. The van der Waals surface area contributed by atoms with Crippen LogP contribution in [-0.4, -0.2) is 28.8 Å². The topological polar surface area (TPSA) is 53.1 Å². The molecule has 0 bridgehead atoms. The maximum Gasteiger partial charge on any atom is 0.0948 e. The monoisotopic (exact) mass is 223 g/mol. The number of nitrogens with zero attached hydrogens (tertiary/aromatic N) is 2. The molecule has 4 heteroatoms. The highest BCUT2D eigenvalue weighted by atomic mass is 16.5. The van der Waals surface area contributed by atoms with Crippen molar-refractivity contribution in [3.63, 3.8) is 0 Å². The molecule has 0 atom stereocenters. The van der Waals surface area contributed by atoms with Gasteiger partial charge in [-0.25, -0.2) is 4.98 Å². The Morgan fingerprint density at radius 2 is 2.25 bits per heavy atom. The Balaban J connectivity index is 1.73. The largest absolute Gasteiger partial charge is 0.376 e. The van der Waals surface area contributed by atoms with Gasteiger partial charge in [0.2, 0.25) is 0 Å². The summed E-state index contributed by atoms with van der Waals surface area (Å²) in [6.07, 6.45) is 10.3. The zero-order valence-corrected chi connectivity index (χ0v) is 9.77. The molecule has 0 spiro atoms. The molecule has 1 aromatic heterocycles. The van der Waals surface area contributed by atoms with E-state index in [4.69, 9.17) is 10.5 Å². The number of hydrogen-bond acceptors (Lipinski definition) is 3. The average Bonchev–Trinajstić information content (AvgIpc) is 2.91. The highest BCUT2D eigenvalue weighted by molar-refractivity contribution is 4.98. The van der Waals surface area contributed by atoms with E-state index >= 15 is 0 Å². The lowest BCUT2D eigenvalue weighted by Crippen LogP contribution is -2.15. The molecular formula is C12H21N3O. The molecule has 4 nitrogen and oxygen atoms in total. The van der Waals surface area contributed by atoms with E-state index in [9.17, 15) is 0 Å². The Labute approximate surface area is 96.8 Å². The van der Waals surface area contributed by atoms with Crippen molar-refractivity contribution in [3.8, 4) is 0 Å². The Bertz CT molecular complexity index is 305. The van der Waals surface area contributed by atoms with Crippen molar-refractivity contribution < 1.29 is 4.74 Å². The summed E-state index contributed by atoms with van der Waals surface area (Å²) in [7, 11) is 0. The number of hydrogen-bond donors (Lipinski definition) is 1. The first-order chi connectivity index (χ1) is 7.90. The van der Waals surface area contributed by atoms with Gasteiger partial charge in [-0.1, -0.05) is 12.8 Å². The van der Waals surface area contributed by atoms with E-state index in [1.165, 1.54) is 31.4 Å². The van der Waals surface area contributed by atoms with Crippen LogP contribution in [0.4, 0.5) is 0 Å². The van der Waals surface area contributed by atoms with E-state index in [1.807, 2.05) is 12.5 Å². The van der Waals surface area contributed by atoms with Crippen molar-refractivity contribution in [1.29, 1.82) is 0 Å². The van der Waals surface area contributed by atoms with Crippen molar-refractivity contribution in [1.82, 2.24) is 9.55 Å². The molecule has 1 aromatic rings. The van der Waals surface area contributed by atoms with Crippen LogP contribution in [0.5, 0.6) is 0 Å². The van der Waals surface area contributed by atoms with Crippen LogP contribution in [0.25, 0.3) is 0 Å². The van der Waals surface area contributed by atoms with Crippen molar-refractivity contribution in [2.24, 2.45) is 5.73 Å². The smallest absolute Gasteiger partial charge is 0.0948 e. The van der Waals surface area contributed by atoms with Gasteiger partial charge in [0.1, 0.15) is 0 Å². The predicted octanol–water partition coefficient (Wildman–Crippen LogP) is 1.34. The minimum Gasteiger partial charge on any atom is -0.376 e. The fourth-order valence-electron chi connectivity index (χ4n) is 2.28. The van der Waals surface area contributed by atoms with E-state index in [0.717, 1.165) is 19.6 Å². The summed E-state index contributed by atoms with van der Waals surface area (Å²) in [5.74, 6) is 0. The molecule has 0 radical (unpaired) electrons. The van der Waals surface area contributed by atoms with Crippen molar-refractivity contribution in [2.75, 3.05) is 13.2 Å². The Morgan fingerprint density at radius 1 is 1.44 bits per heavy atom. The number of rotatable bonds is 6. The molecular weight excluding hydrogens is 202 g/mol. The minimum atomic E-state index is 0.501. The zero-order chi connectivity index (χ0) is 11.2. The number of imidazole rings is 1. The molecule has 0 saturated heterocycles. The molecule has 1 aliphatic carbocycles. The van der Waals surface area contributed by atoms with Crippen LogP contribution in [0.1, 0.15) is 31.4 Å². The van der Waals surface area contributed by atoms with E-state index in [2.05, 4.69) is 9.55 Å². The molecule has 90 valence electrons.